The molecule has 0 aliphatic rings. The Morgan fingerprint density at radius 1 is 1.09 bits per heavy atom. The number of para-hydroxylation sites is 1. The van der Waals surface area contributed by atoms with Crippen molar-refractivity contribution in [3.8, 4) is 11.5 Å². The van der Waals surface area contributed by atoms with Crippen molar-refractivity contribution in [1.82, 2.24) is 5.43 Å². The molecule has 9 heteroatoms. The van der Waals surface area contributed by atoms with Crippen LogP contribution in [0.1, 0.15) is 34.0 Å². The molecular weight excluding hydrogens is 454 g/mol. The Bertz CT molecular complexity index is 1290. The molecule has 0 spiro atoms. The van der Waals surface area contributed by atoms with Gasteiger partial charge in [0, 0.05) is 11.1 Å². The highest BCUT2D eigenvalue weighted by Gasteiger charge is 2.19. The maximum absolute atomic E-state index is 12.5. The largest absolute Gasteiger partial charge is 0.504 e. The number of hydrogen-bond acceptors (Lipinski definition) is 6. The van der Waals surface area contributed by atoms with Crippen LogP contribution in [0.4, 0.5) is 5.69 Å². The molecule has 0 radical (unpaired) electrons. The smallest absolute Gasteiger partial charge is 0.271 e. The van der Waals surface area contributed by atoms with Crippen molar-refractivity contribution in [2.45, 2.75) is 20.4 Å². The Kier molecular flexibility index (Phi) is 7.91. The fourth-order valence-corrected chi connectivity index (χ4v) is 4.14. The summed E-state index contributed by atoms with van der Waals surface area (Å²) in [5.41, 5.74) is 5.42. The van der Waals surface area contributed by atoms with E-state index in [2.05, 4.69) is 10.5 Å². The average molecular weight is 482 g/mol. The minimum Gasteiger partial charge on any atom is -0.504 e. The van der Waals surface area contributed by atoms with Crippen LogP contribution < -0.4 is 14.5 Å². The van der Waals surface area contributed by atoms with Crippen LogP contribution in [-0.2, 0) is 16.6 Å². The number of aromatic hydroxyl groups is 1. The number of amides is 1. The number of benzene rings is 3. The molecule has 0 heterocycles. The van der Waals surface area contributed by atoms with Crippen molar-refractivity contribution in [2.75, 3.05) is 17.2 Å². The van der Waals surface area contributed by atoms with Crippen molar-refractivity contribution in [2.24, 2.45) is 5.10 Å². The Labute approximate surface area is 199 Å². The number of phenolic OH excluding ortho intramolecular Hbond substituents is 1. The van der Waals surface area contributed by atoms with E-state index in [9.17, 15) is 18.3 Å². The van der Waals surface area contributed by atoms with E-state index in [0.29, 0.717) is 29.2 Å². The van der Waals surface area contributed by atoms with Gasteiger partial charge in [0.2, 0.25) is 10.0 Å². The molecular formula is C25H27N3O5S. The van der Waals surface area contributed by atoms with Crippen molar-refractivity contribution in [3.05, 3.63) is 89.0 Å². The van der Waals surface area contributed by atoms with Gasteiger partial charge in [0.25, 0.3) is 5.91 Å². The average Bonchev–Trinajstić information content (AvgIpc) is 2.80. The summed E-state index contributed by atoms with van der Waals surface area (Å²) >= 11 is 0. The predicted molar refractivity (Wildman–Crippen MR) is 133 cm³/mol. The summed E-state index contributed by atoms with van der Waals surface area (Å²) in [6.07, 6.45) is 2.47. The van der Waals surface area contributed by atoms with Crippen LogP contribution in [0, 0.1) is 6.92 Å². The van der Waals surface area contributed by atoms with E-state index in [-0.39, 0.29) is 12.3 Å². The summed E-state index contributed by atoms with van der Waals surface area (Å²) in [5, 5.41) is 14.1. The van der Waals surface area contributed by atoms with Crippen LogP contribution in [0.5, 0.6) is 11.5 Å². The minimum atomic E-state index is -3.55. The number of ether oxygens (including phenoxy) is 1. The molecule has 0 saturated carbocycles. The summed E-state index contributed by atoms with van der Waals surface area (Å²) in [7, 11) is -3.55. The van der Waals surface area contributed by atoms with Gasteiger partial charge < -0.3 is 9.84 Å². The van der Waals surface area contributed by atoms with Gasteiger partial charge in [-0.3, -0.25) is 9.10 Å². The number of hydrogen-bond donors (Lipinski definition) is 2. The lowest BCUT2D eigenvalue weighted by Gasteiger charge is -2.23. The van der Waals surface area contributed by atoms with Gasteiger partial charge in [-0.15, -0.1) is 0 Å². The van der Waals surface area contributed by atoms with Gasteiger partial charge in [-0.25, -0.2) is 13.8 Å². The molecule has 1 amide bonds. The third-order valence-corrected chi connectivity index (χ3v) is 6.23. The van der Waals surface area contributed by atoms with Crippen LogP contribution in [0.3, 0.4) is 0 Å². The van der Waals surface area contributed by atoms with Gasteiger partial charge in [0.15, 0.2) is 11.5 Å². The highest BCUT2D eigenvalue weighted by Crippen LogP contribution is 2.28. The fraction of sp³-hybridized carbons (Fsp3) is 0.200. The Balaban J connectivity index is 1.72. The van der Waals surface area contributed by atoms with Crippen molar-refractivity contribution >= 4 is 27.8 Å². The zero-order valence-electron chi connectivity index (χ0n) is 19.2. The van der Waals surface area contributed by atoms with Crippen molar-refractivity contribution in [1.29, 1.82) is 0 Å². The number of rotatable bonds is 9. The molecule has 3 rings (SSSR count). The molecule has 34 heavy (non-hydrogen) atoms. The van der Waals surface area contributed by atoms with Crippen LogP contribution in [0.15, 0.2) is 71.8 Å². The summed E-state index contributed by atoms with van der Waals surface area (Å²) in [6.45, 7) is 4.33. The topological polar surface area (TPSA) is 108 Å². The number of anilines is 1. The number of carbonyl (C=O) groups is 1. The highest BCUT2D eigenvalue weighted by atomic mass is 32.2. The van der Waals surface area contributed by atoms with E-state index in [1.54, 1.807) is 30.3 Å². The quantitative estimate of drug-likeness (QED) is 0.357. The number of carbonyl (C=O) groups excluding carboxylic acids is 1. The van der Waals surface area contributed by atoms with Crippen molar-refractivity contribution in [3.63, 3.8) is 0 Å². The zero-order chi connectivity index (χ0) is 24.7. The first kappa shape index (κ1) is 24.8. The number of hydrazone groups is 1. The van der Waals surface area contributed by atoms with Gasteiger partial charge in [0.05, 0.1) is 31.3 Å². The van der Waals surface area contributed by atoms with Crippen molar-refractivity contribution < 1.29 is 23.1 Å². The Morgan fingerprint density at radius 2 is 1.79 bits per heavy atom. The van der Waals surface area contributed by atoms with Crippen LogP contribution in [0.2, 0.25) is 0 Å². The monoisotopic (exact) mass is 481 g/mol. The van der Waals surface area contributed by atoms with E-state index in [1.807, 2.05) is 38.1 Å². The van der Waals surface area contributed by atoms with Crippen LogP contribution in [-0.4, -0.2) is 38.5 Å². The van der Waals surface area contributed by atoms with E-state index in [0.717, 1.165) is 17.4 Å². The van der Waals surface area contributed by atoms with Gasteiger partial charge in [-0.2, -0.15) is 5.10 Å². The van der Waals surface area contributed by atoms with Crippen LogP contribution in [0.25, 0.3) is 0 Å². The third-order valence-electron chi connectivity index (χ3n) is 5.09. The lowest BCUT2D eigenvalue weighted by molar-refractivity contribution is 0.0955. The number of phenols is 1. The molecule has 178 valence electrons. The second kappa shape index (κ2) is 10.8. The Morgan fingerprint density at radius 3 is 2.44 bits per heavy atom. The number of nitrogens with one attached hydrogen (secondary N) is 1. The van der Waals surface area contributed by atoms with Crippen LogP contribution >= 0.6 is 0 Å². The second-order valence-electron chi connectivity index (χ2n) is 7.57. The fourth-order valence-electron chi connectivity index (χ4n) is 3.26. The van der Waals surface area contributed by atoms with Gasteiger partial charge in [-0.05, 0) is 61.4 Å². The molecule has 3 aromatic rings. The first-order valence-corrected chi connectivity index (χ1v) is 12.5. The second-order valence-corrected chi connectivity index (χ2v) is 9.48. The highest BCUT2D eigenvalue weighted by molar-refractivity contribution is 7.92. The summed E-state index contributed by atoms with van der Waals surface area (Å²) in [4.78, 5) is 12.5. The molecule has 0 saturated heterocycles. The number of sulfonamides is 1. The normalized spacial score (nSPS) is 11.4. The Hall–Kier alpha value is -3.85. The predicted octanol–water partition coefficient (Wildman–Crippen LogP) is 3.83. The van der Waals surface area contributed by atoms with Gasteiger partial charge in [-0.1, -0.05) is 30.3 Å². The van der Waals surface area contributed by atoms with E-state index in [4.69, 9.17) is 4.74 Å². The molecule has 0 bridgehead atoms. The molecule has 0 atom stereocenters. The standard InChI is InChI=1S/C25H27N3O5S/c1-4-33-23-11-7-10-20(24(23)29)16-26-27-25(30)19-12-14-22(15-13-19)28(34(3,31)32)17-21-9-6-5-8-18(21)2/h5-16,29H,4,17H2,1-3H3,(H,27,30)/b26-16-. The molecule has 0 aromatic heterocycles. The first-order chi connectivity index (χ1) is 16.2. The van der Waals surface area contributed by atoms with E-state index >= 15 is 0 Å². The lowest BCUT2D eigenvalue weighted by atomic mass is 10.1. The summed E-state index contributed by atoms with van der Waals surface area (Å²) < 4.78 is 31.5. The van der Waals surface area contributed by atoms with E-state index in [1.165, 1.54) is 22.7 Å². The SMILES string of the molecule is CCOc1cccc(/C=N\NC(=O)c2ccc(N(Cc3ccccc3C)S(C)(=O)=O)cc2)c1O. The first-order valence-electron chi connectivity index (χ1n) is 10.6. The molecule has 3 aromatic carbocycles. The minimum absolute atomic E-state index is 0.0683. The molecule has 0 unspecified atom stereocenters. The number of aryl methyl sites for hydroxylation is 1. The van der Waals surface area contributed by atoms with Gasteiger partial charge >= 0.3 is 0 Å². The molecule has 0 aliphatic carbocycles. The van der Waals surface area contributed by atoms with E-state index < -0.39 is 15.9 Å². The number of nitrogens with zero attached hydrogens (tertiary/aromatic N) is 2. The summed E-state index contributed by atoms with van der Waals surface area (Å²) in [5.74, 6) is -0.219. The maximum atomic E-state index is 12.5. The maximum Gasteiger partial charge on any atom is 0.271 e. The third kappa shape index (κ3) is 6.14. The molecule has 0 aliphatic heterocycles. The zero-order valence-corrected chi connectivity index (χ0v) is 20.0. The molecule has 2 N–H and O–H groups in total. The molecule has 0 fully saturated rings. The van der Waals surface area contributed by atoms with Gasteiger partial charge in [0.1, 0.15) is 0 Å². The summed E-state index contributed by atoms with van der Waals surface area (Å²) in [6, 6.07) is 18.8. The molecule has 8 nitrogen and oxygen atoms in total. The lowest BCUT2D eigenvalue weighted by Crippen LogP contribution is -2.29.